The maximum absolute atomic E-state index is 6.54. The molecule has 32 heavy (non-hydrogen) atoms. The third-order valence-electron chi connectivity index (χ3n) is 6.66. The second-order valence-corrected chi connectivity index (χ2v) is 11.2. The minimum atomic E-state index is -0.280. The van der Waals surface area contributed by atoms with Gasteiger partial charge in [0, 0.05) is 0 Å². The lowest BCUT2D eigenvalue weighted by Crippen LogP contribution is -2.18. The first-order chi connectivity index (χ1) is 15.6. The lowest BCUT2D eigenvalue weighted by atomic mass is 9.94. The van der Waals surface area contributed by atoms with Crippen LogP contribution < -0.4 is 5.32 Å². The van der Waals surface area contributed by atoms with Crippen molar-refractivity contribution in [1.82, 2.24) is 5.32 Å². The summed E-state index contributed by atoms with van der Waals surface area (Å²) < 4.78 is 0. The van der Waals surface area contributed by atoms with E-state index in [0.29, 0.717) is 0 Å². The molecule has 0 saturated carbocycles. The van der Waals surface area contributed by atoms with Crippen molar-refractivity contribution >= 4 is 11.6 Å². The van der Waals surface area contributed by atoms with Gasteiger partial charge in [-0.25, -0.2) is 0 Å². The van der Waals surface area contributed by atoms with Crippen molar-refractivity contribution < 1.29 is 0 Å². The number of halogens is 1. The summed E-state index contributed by atoms with van der Waals surface area (Å²) in [5.74, 6) is 0. The Bertz CT molecular complexity index is 534. The fraction of sp³-hybridized carbons (Fsp3) is 0.800. The maximum Gasteiger partial charge on any atom is 0.0641 e. The van der Waals surface area contributed by atoms with Crippen LogP contribution in [0.5, 0.6) is 0 Å². The Hall–Kier alpha value is -0.530. The molecule has 0 fully saturated rings. The van der Waals surface area contributed by atoms with E-state index < -0.39 is 0 Å². The summed E-state index contributed by atoms with van der Waals surface area (Å²) in [5, 5.41) is 3.63. The minimum absolute atomic E-state index is 0.280. The van der Waals surface area contributed by atoms with E-state index in [4.69, 9.17) is 11.6 Å². The van der Waals surface area contributed by atoms with E-state index in [0.717, 1.165) is 13.0 Å². The van der Waals surface area contributed by atoms with Crippen LogP contribution in [-0.4, -0.2) is 13.1 Å². The van der Waals surface area contributed by atoms with E-state index in [2.05, 4.69) is 50.4 Å². The summed E-state index contributed by atoms with van der Waals surface area (Å²) >= 11 is 6.54. The van der Waals surface area contributed by atoms with Gasteiger partial charge in [-0.1, -0.05) is 128 Å². The zero-order valence-electron chi connectivity index (χ0n) is 21.8. The fourth-order valence-electron chi connectivity index (χ4n) is 4.65. The van der Waals surface area contributed by atoms with Gasteiger partial charge in [0.2, 0.25) is 0 Å². The van der Waals surface area contributed by atoms with Gasteiger partial charge in [-0.05, 0) is 57.3 Å². The highest BCUT2D eigenvalue weighted by Crippen LogP contribution is 2.30. The van der Waals surface area contributed by atoms with E-state index in [-0.39, 0.29) is 4.87 Å². The molecular formula is C30H54ClN. The molecule has 2 heteroatoms. The molecule has 0 aliphatic carbocycles. The second kappa shape index (κ2) is 19.9. The first-order valence-electron chi connectivity index (χ1n) is 14.0. The van der Waals surface area contributed by atoms with Crippen molar-refractivity contribution in [2.75, 3.05) is 13.1 Å². The number of aryl methyl sites for hydroxylation is 1. The number of nitrogens with one attached hydrogen (secondary N) is 1. The minimum Gasteiger partial charge on any atom is -0.317 e. The van der Waals surface area contributed by atoms with Gasteiger partial charge >= 0.3 is 0 Å². The van der Waals surface area contributed by atoms with Gasteiger partial charge in [-0.15, -0.1) is 11.6 Å². The molecule has 0 atom stereocenters. The Morgan fingerprint density at radius 1 is 0.625 bits per heavy atom. The number of alkyl halides is 1. The first kappa shape index (κ1) is 29.5. The number of benzene rings is 1. The Morgan fingerprint density at radius 2 is 1.06 bits per heavy atom. The van der Waals surface area contributed by atoms with Crippen molar-refractivity contribution in [1.29, 1.82) is 0 Å². The third kappa shape index (κ3) is 16.1. The highest BCUT2D eigenvalue weighted by atomic mass is 35.5. The van der Waals surface area contributed by atoms with Gasteiger partial charge in [-0.2, -0.15) is 0 Å². The lowest BCUT2D eigenvalue weighted by Gasteiger charge is -2.20. The Kier molecular flexibility index (Phi) is 18.3. The number of rotatable bonds is 22. The van der Waals surface area contributed by atoms with Crippen LogP contribution in [-0.2, 0) is 11.3 Å². The molecule has 0 bridgehead atoms. The highest BCUT2D eigenvalue weighted by molar-refractivity contribution is 6.23. The molecule has 1 rings (SSSR count). The van der Waals surface area contributed by atoms with Crippen LogP contribution in [0, 0.1) is 0 Å². The molecule has 1 nitrogen and oxygen atoms in total. The van der Waals surface area contributed by atoms with E-state index in [1.54, 1.807) is 0 Å². The fourth-order valence-corrected chi connectivity index (χ4v) is 4.83. The van der Waals surface area contributed by atoms with Gasteiger partial charge in [0.1, 0.15) is 0 Å². The largest absolute Gasteiger partial charge is 0.317 e. The smallest absolute Gasteiger partial charge is 0.0641 e. The van der Waals surface area contributed by atoms with Gasteiger partial charge in [-0.3, -0.25) is 0 Å². The van der Waals surface area contributed by atoms with E-state index in [1.807, 2.05) is 0 Å². The molecule has 1 aromatic carbocycles. The van der Waals surface area contributed by atoms with Crippen molar-refractivity contribution in [3.63, 3.8) is 0 Å². The SMILES string of the molecule is CCCCCCCCCCCCCCCCCCNCCCc1ccccc1C(C)(C)Cl. The summed E-state index contributed by atoms with van der Waals surface area (Å²) in [5.41, 5.74) is 2.68. The average Bonchev–Trinajstić information content (AvgIpc) is 2.77. The van der Waals surface area contributed by atoms with Crippen LogP contribution in [0.4, 0.5) is 0 Å². The molecule has 186 valence electrons. The summed E-state index contributed by atoms with van der Waals surface area (Å²) in [7, 11) is 0. The molecule has 0 saturated heterocycles. The van der Waals surface area contributed by atoms with E-state index >= 15 is 0 Å². The number of hydrogen-bond donors (Lipinski definition) is 1. The van der Waals surface area contributed by atoms with Gasteiger partial charge in [0.05, 0.1) is 4.87 Å². The monoisotopic (exact) mass is 463 g/mol. The van der Waals surface area contributed by atoms with Crippen molar-refractivity contribution in [3.8, 4) is 0 Å². The molecule has 0 spiro atoms. The van der Waals surface area contributed by atoms with E-state index in [9.17, 15) is 0 Å². The zero-order chi connectivity index (χ0) is 23.3. The molecule has 0 aliphatic rings. The van der Waals surface area contributed by atoms with Crippen molar-refractivity contribution in [2.45, 2.75) is 141 Å². The lowest BCUT2D eigenvalue weighted by molar-refractivity contribution is 0.524. The summed E-state index contributed by atoms with van der Waals surface area (Å²) in [4.78, 5) is -0.280. The summed E-state index contributed by atoms with van der Waals surface area (Å²) in [6.45, 7) is 8.74. The molecule has 0 unspecified atom stereocenters. The van der Waals surface area contributed by atoms with E-state index in [1.165, 1.54) is 127 Å². The van der Waals surface area contributed by atoms with Crippen LogP contribution in [0.2, 0.25) is 0 Å². The number of hydrogen-bond acceptors (Lipinski definition) is 1. The summed E-state index contributed by atoms with van der Waals surface area (Å²) in [6.07, 6.45) is 25.3. The third-order valence-corrected chi connectivity index (χ3v) is 6.87. The predicted molar refractivity (Wildman–Crippen MR) is 146 cm³/mol. The zero-order valence-corrected chi connectivity index (χ0v) is 22.6. The molecule has 0 aromatic heterocycles. The maximum atomic E-state index is 6.54. The van der Waals surface area contributed by atoms with Crippen LogP contribution in [0.3, 0.4) is 0 Å². The quantitative estimate of drug-likeness (QED) is 0.133. The normalized spacial score (nSPS) is 11.9. The molecule has 0 heterocycles. The van der Waals surface area contributed by atoms with Crippen molar-refractivity contribution in [2.24, 2.45) is 0 Å². The van der Waals surface area contributed by atoms with Crippen LogP contribution in [0.15, 0.2) is 24.3 Å². The van der Waals surface area contributed by atoms with Crippen LogP contribution >= 0.6 is 11.6 Å². The average molecular weight is 464 g/mol. The molecule has 0 amide bonds. The Balaban J connectivity index is 1.82. The predicted octanol–water partition coefficient (Wildman–Crippen LogP) is 9.94. The first-order valence-corrected chi connectivity index (χ1v) is 14.4. The Morgan fingerprint density at radius 3 is 1.56 bits per heavy atom. The molecule has 1 N–H and O–H groups in total. The number of unbranched alkanes of at least 4 members (excludes halogenated alkanes) is 15. The second-order valence-electron chi connectivity index (χ2n) is 10.3. The van der Waals surface area contributed by atoms with Crippen LogP contribution in [0.1, 0.15) is 141 Å². The molecular weight excluding hydrogens is 410 g/mol. The van der Waals surface area contributed by atoms with Gasteiger partial charge in [0.15, 0.2) is 0 Å². The van der Waals surface area contributed by atoms with Gasteiger partial charge < -0.3 is 5.32 Å². The van der Waals surface area contributed by atoms with Crippen LogP contribution in [0.25, 0.3) is 0 Å². The van der Waals surface area contributed by atoms with Crippen molar-refractivity contribution in [3.05, 3.63) is 35.4 Å². The van der Waals surface area contributed by atoms with Gasteiger partial charge in [0.25, 0.3) is 0 Å². The molecule has 0 aliphatic heterocycles. The topological polar surface area (TPSA) is 12.0 Å². The Labute approximate surface area is 206 Å². The molecule has 0 radical (unpaired) electrons. The molecule has 1 aromatic rings. The summed E-state index contributed by atoms with van der Waals surface area (Å²) in [6, 6.07) is 8.63. The standard InChI is InChI=1S/C30H54ClN/c1-4-5-6-7-8-9-10-11-12-13-14-15-16-17-18-21-26-32-27-22-24-28-23-19-20-25-29(28)30(2,3)31/h19-20,23,25,32H,4-18,21-22,24,26-27H2,1-3H3. The highest BCUT2D eigenvalue weighted by Gasteiger charge is 2.19.